The number of hydrogen-bond donors (Lipinski definition) is 3. The molecule has 0 bridgehead atoms. The van der Waals surface area contributed by atoms with Crippen molar-refractivity contribution in [1.82, 2.24) is 4.98 Å². The number of aryl methyl sites for hydroxylation is 1. The van der Waals surface area contributed by atoms with Gasteiger partial charge in [0.2, 0.25) is 0 Å². The van der Waals surface area contributed by atoms with Crippen LogP contribution in [0.2, 0.25) is 0 Å². The van der Waals surface area contributed by atoms with Gasteiger partial charge in [-0.05, 0) is 37.5 Å². The minimum Gasteiger partial charge on any atom is -0.446 e. The number of hydrogen-bond acceptors (Lipinski definition) is 3. The molecule has 0 fully saturated rings. The quantitative estimate of drug-likeness (QED) is 0.804. The van der Waals surface area contributed by atoms with Crippen LogP contribution in [0.5, 0.6) is 0 Å². The summed E-state index contributed by atoms with van der Waals surface area (Å²) in [4.78, 5) is 25.6. The van der Waals surface area contributed by atoms with Crippen LogP contribution < -0.4 is 11.5 Å². The number of nitrogens with two attached hydrogens (primary N) is 2. The summed E-state index contributed by atoms with van der Waals surface area (Å²) in [7, 11) is 0. The lowest BCUT2D eigenvalue weighted by molar-refractivity contribution is 0.0997. The predicted molar refractivity (Wildman–Crippen MR) is 87.8 cm³/mol. The fourth-order valence-corrected chi connectivity index (χ4v) is 3.26. The molecule has 1 unspecified atom stereocenters. The number of benzene rings is 1. The van der Waals surface area contributed by atoms with Crippen molar-refractivity contribution in [3.05, 3.63) is 40.8 Å². The Labute approximate surface area is 137 Å². The Morgan fingerprint density at radius 2 is 2.08 bits per heavy atom. The zero-order chi connectivity index (χ0) is 17.4. The summed E-state index contributed by atoms with van der Waals surface area (Å²) in [6.07, 6.45) is 2.36. The molecule has 1 aliphatic rings. The molecule has 7 heteroatoms. The number of primary amides is 2. The summed E-state index contributed by atoms with van der Waals surface area (Å²) in [6, 6.07) is 2.93. The van der Waals surface area contributed by atoms with Gasteiger partial charge in [-0.2, -0.15) is 0 Å². The molecule has 3 rings (SSSR count). The highest BCUT2D eigenvalue weighted by Gasteiger charge is 2.25. The number of allylic oxidation sites excluding steroid dienone is 1. The third-order valence-electron chi connectivity index (χ3n) is 4.20. The van der Waals surface area contributed by atoms with Crippen LogP contribution >= 0.6 is 0 Å². The molecule has 2 amide bonds. The minimum atomic E-state index is -0.839. The van der Waals surface area contributed by atoms with E-state index in [1.807, 2.05) is 13.0 Å². The van der Waals surface area contributed by atoms with Crippen molar-refractivity contribution < 1.29 is 18.7 Å². The van der Waals surface area contributed by atoms with Crippen molar-refractivity contribution in [3.8, 4) is 0 Å². The lowest BCUT2D eigenvalue weighted by Crippen LogP contribution is -2.24. The Bertz CT molecular complexity index is 870. The highest BCUT2D eigenvalue weighted by Crippen LogP contribution is 2.36. The molecule has 24 heavy (non-hydrogen) atoms. The van der Waals surface area contributed by atoms with Crippen LogP contribution in [-0.4, -0.2) is 23.1 Å². The van der Waals surface area contributed by atoms with Crippen molar-refractivity contribution in [2.24, 2.45) is 11.5 Å². The van der Waals surface area contributed by atoms with Crippen LogP contribution in [0, 0.1) is 12.7 Å². The normalized spacial score (nSPS) is 17.6. The molecule has 1 aromatic heterocycles. The molecule has 5 N–H and O–H groups in total. The number of carbonyl (C=O) groups is 2. The van der Waals surface area contributed by atoms with Gasteiger partial charge in [0.15, 0.2) is 0 Å². The van der Waals surface area contributed by atoms with E-state index in [9.17, 15) is 14.0 Å². The number of halogens is 1. The van der Waals surface area contributed by atoms with Gasteiger partial charge in [-0.15, -0.1) is 0 Å². The van der Waals surface area contributed by atoms with Crippen molar-refractivity contribution >= 4 is 28.5 Å². The third kappa shape index (κ3) is 2.84. The van der Waals surface area contributed by atoms with Gasteiger partial charge in [0.05, 0.1) is 11.1 Å². The predicted octanol–water partition coefficient (Wildman–Crippen LogP) is 2.75. The topological polar surface area (TPSA) is 111 Å². The Balaban J connectivity index is 2.11. The number of H-pyrrole nitrogens is 1. The number of rotatable bonds is 3. The van der Waals surface area contributed by atoms with Crippen molar-refractivity contribution in [3.63, 3.8) is 0 Å². The average Bonchev–Trinajstić information content (AvgIpc) is 2.86. The highest BCUT2D eigenvalue weighted by molar-refractivity contribution is 6.08. The van der Waals surface area contributed by atoms with E-state index in [-0.39, 0.29) is 11.7 Å². The second kappa shape index (κ2) is 5.99. The van der Waals surface area contributed by atoms with Gasteiger partial charge < -0.3 is 21.2 Å². The first-order chi connectivity index (χ1) is 11.4. The monoisotopic (exact) mass is 331 g/mol. The number of carbonyl (C=O) groups excluding carboxylic acids is 2. The highest BCUT2D eigenvalue weighted by atomic mass is 19.1. The van der Waals surface area contributed by atoms with Gasteiger partial charge in [-0.1, -0.05) is 6.08 Å². The van der Waals surface area contributed by atoms with Crippen LogP contribution in [0.1, 0.15) is 40.9 Å². The summed E-state index contributed by atoms with van der Waals surface area (Å²) < 4.78 is 19.8. The lowest BCUT2D eigenvalue weighted by Gasteiger charge is -2.23. The fraction of sp³-hybridized carbons (Fsp3) is 0.294. The van der Waals surface area contributed by atoms with Crippen molar-refractivity contribution in [2.45, 2.75) is 32.3 Å². The van der Waals surface area contributed by atoms with Crippen LogP contribution in [0.3, 0.4) is 0 Å². The van der Waals surface area contributed by atoms with Crippen LogP contribution in [0.15, 0.2) is 18.2 Å². The van der Waals surface area contributed by atoms with Crippen LogP contribution in [0.25, 0.3) is 16.5 Å². The van der Waals surface area contributed by atoms with Gasteiger partial charge in [-0.25, -0.2) is 9.18 Å². The Morgan fingerprint density at radius 1 is 1.33 bits per heavy atom. The zero-order valence-corrected chi connectivity index (χ0v) is 13.2. The molecular weight excluding hydrogens is 313 g/mol. The zero-order valence-electron chi connectivity index (χ0n) is 13.2. The molecule has 0 aliphatic heterocycles. The Morgan fingerprint density at radius 3 is 2.75 bits per heavy atom. The molecule has 1 aromatic carbocycles. The Kier molecular flexibility index (Phi) is 4.01. The molecule has 0 spiro atoms. The first-order valence-corrected chi connectivity index (χ1v) is 7.64. The van der Waals surface area contributed by atoms with Gasteiger partial charge >= 0.3 is 6.09 Å². The average molecular weight is 331 g/mol. The molecule has 126 valence electrons. The molecule has 1 heterocycles. The van der Waals surface area contributed by atoms with Gasteiger partial charge in [0.25, 0.3) is 5.91 Å². The standard InChI is InChI=1S/C17H18FN3O3/c1-8-5-11-14(9-3-2-4-10(6-9)24-17(20)23)13(18)7-12(16(19)22)15(11)21-8/h3,5,7,10,21H,2,4,6H2,1H3,(H2,19,22)(H2,20,23). The number of fused-ring (bicyclic) bond motifs is 1. The van der Waals surface area contributed by atoms with E-state index in [1.54, 1.807) is 6.07 Å². The first kappa shape index (κ1) is 16.0. The van der Waals surface area contributed by atoms with E-state index in [0.717, 1.165) is 17.3 Å². The molecule has 1 atom stereocenters. The maximum absolute atomic E-state index is 14.7. The molecule has 2 aromatic rings. The molecular formula is C17H18FN3O3. The number of ether oxygens (including phenoxy) is 1. The minimum absolute atomic E-state index is 0.112. The Hall–Kier alpha value is -2.83. The van der Waals surface area contributed by atoms with E-state index in [4.69, 9.17) is 16.2 Å². The first-order valence-electron chi connectivity index (χ1n) is 7.64. The number of aromatic nitrogens is 1. The number of aromatic amines is 1. The molecule has 0 saturated heterocycles. The molecule has 1 aliphatic carbocycles. The lowest BCUT2D eigenvalue weighted by atomic mass is 9.88. The second-order valence-corrected chi connectivity index (χ2v) is 5.96. The van der Waals surface area contributed by atoms with E-state index < -0.39 is 17.8 Å². The third-order valence-corrected chi connectivity index (χ3v) is 4.20. The van der Waals surface area contributed by atoms with E-state index in [2.05, 4.69) is 4.98 Å². The van der Waals surface area contributed by atoms with Crippen molar-refractivity contribution in [1.29, 1.82) is 0 Å². The number of nitrogens with one attached hydrogen (secondary N) is 1. The fourth-order valence-electron chi connectivity index (χ4n) is 3.26. The maximum Gasteiger partial charge on any atom is 0.404 e. The molecule has 6 nitrogen and oxygen atoms in total. The summed E-state index contributed by atoms with van der Waals surface area (Å²) >= 11 is 0. The smallest absolute Gasteiger partial charge is 0.404 e. The van der Waals surface area contributed by atoms with E-state index in [0.29, 0.717) is 35.7 Å². The summed E-state index contributed by atoms with van der Waals surface area (Å²) in [5.41, 5.74) is 13.0. The maximum atomic E-state index is 14.7. The van der Waals surface area contributed by atoms with Crippen LogP contribution in [-0.2, 0) is 4.74 Å². The van der Waals surface area contributed by atoms with E-state index >= 15 is 0 Å². The second-order valence-electron chi connectivity index (χ2n) is 5.96. The molecule has 0 radical (unpaired) electrons. The summed E-state index contributed by atoms with van der Waals surface area (Å²) in [5.74, 6) is -1.22. The van der Waals surface area contributed by atoms with Crippen molar-refractivity contribution in [2.75, 3.05) is 0 Å². The number of amides is 2. The molecule has 0 saturated carbocycles. The van der Waals surface area contributed by atoms with E-state index in [1.165, 1.54) is 0 Å². The van der Waals surface area contributed by atoms with Crippen LogP contribution in [0.4, 0.5) is 9.18 Å². The van der Waals surface area contributed by atoms with Gasteiger partial charge in [-0.3, -0.25) is 4.79 Å². The summed E-state index contributed by atoms with van der Waals surface area (Å²) in [6.45, 7) is 1.82. The summed E-state index contributed by atoms with van der Waals surface area (Å²) in [5, 5.41) is 0.590. The largest absolute Gasteiger partial charge is 0.446 e. The van der Waals surface area contributed by atoms with Gasteiger partial charge in [0.1, 0.15) is 11.9 Å². The van der Waals surface area contributed by atoms with Gasteiger partial charge in [0, 0.05) is 23.1 Å². The SMILES string of the molecule is Cc1cc2c(C3=CCCC(OC(N)=O)C3)c(F)cc(C(N)=O)c2[nH]1.